The Morgan fingerprint density at radius 3 is 2.33 bits per heavy atom. The van der Waals surface area contributed by atoms with Crippen LogP contribution >= 0.6 is 15.9 Å². The van der Waals surface area contributed by atoms with Gasteiger partial charge in [-0.05, 0) is 57.7 Å². The molecule has 0 fully saturated rings. The standard InChI is InChI=1S/C20H14BrN3O3/c21-17-11-10-16(26-17)19-23-24-20(27-19)22-18(25)15-8-6-14(7-9-15)12-13-4-2-1-3-5-13/h1-11H,12H2,(H,22,24,25). The van der Waals surface area contributed by atoms with Gasteiger partial charge in [-0.1, -0.05) is 47.6 Å². The van der Waals surface area contributed by atoms with Crippen LogP contribution in [0.3, 0.4) is 0 Å². The summed E-state index contributed by atoms with van der Waals surface area (Å²) in [6.07, 6.45) is 0.814. The maximum absolute atomic E-state index is 12.4. The Labute approximate surface area is 163 Å². The van der Waals surface area contributed by atoms with Crippen molar-refractivity contribution in [2.45, 2.75) is 6.42 Å². The van der Waals surface area contributed by atoms with Gasteiger partial charge in [0.2, 0.25) is 0 Å². The summed E-state index contributed by atoms with van der Waals surface area (Å²) in [6, 6.07) is 21.0. The highest BCUT2D eigenvalue weighted by Gasteiger charge is 2.15. The lowest BCUT2D eigenvalue weighted by atomic mass is 10.0. The molecule has 1 N–H and O–H groups in total. The minimum Gasteiger partial charge on any atom is -0.444 e. The SMILES string of the molecule is O=C(Nc1nnc(-c2ccc(Br)o2)o1)c1ccc(Cc2ccccc2)cc1. The van der Waals surface area contributed by atoms with Crippen molar-refractivity contribution >= 4 is 27.9 Å². The molecule has 4 aromatic rings. The third-order valence-electron chi connectivity index (χ3n) is 3.90. The monoisotopic (exact) mass is 423 g/mol. The van der Waals surface area contributed by atoms with Crippen molar-refractivity contribution in [2.24, 2.45) is 0 Å². The van der Waals surface area contributed by atoms with Crippen molar-refractivity contribution in [3.05, 3.63) is 88.1 Å². The first-order valence-electron chi connectivity index (χ1n) is 8.21. The van der Waals surface area contributed by atoms with Gasteiger partial charge in [-0.15, -0.1) is 5.10 Å². The summed E-state index contributed by atoms with van der Waals surface area (Å²) in [5, 5.41) is 10.3. The molecule has 2 heterocycles. The largest absolute Gasteiger partial charge is 0.444 e. The third-order valence-corrected chi connectivity index (χ3v) is 4.32. The van der Waals surface area contributed by atoms with Crippen LogP contribution in [0.4, 0.5) is 6.01 Å². The highest BCUT2D eigenvalue weighted by Crippen LogP contribution is 2.25. The van der Waals surface area contributed by atoms with E-state index in [0.717, 1.165) is 12.0 Å². The van der Waals surface area contributed by atoms with Gasteiger partial charge in [-0.25, -0.2) is 0 Å². The molecule has 27 heavy (non-hydrogen) atoms. The molecule has 7 heteroatoms. The average molecular weight is 424 g/mol. The van der Waals surface area contributed by atoms with Crippen LogP contribution in [0.5, 0.6) is 0 Å². The number of carbonyl (C=O) groups is 1. The van der Waals surface area contributed by atoms with Crippen LogP contribution in [0.2, 0.25) is 0 Å². The number of amides is 1. The molecule has 0 spiro atoms. The fraction of sp³-hybridized carbons (Fsp3) is 0.0500. The lowest BCUT2D eigenvalue weighted by Gasteiger charge is -2.04. The summed E-state index contributed by atoms with van der Waals surface area (Å²) < 4.78 is 11.3. The van der Waals surface area contributed by atoms with E-state index in [1.165, 1.54) is 5.56 Å². The molecule has 134 valence electrons. The van der Waals surface area contributed by atoms with Gasteiger partial charge >= 0.3 is 6.01 Å². The Bertz CT molecular complexity index is 1060. The number of nitrogens with one attached hydrogen (secondary N) is 1. The summed E-state index contributed by atoms with van der Waals surface area (Å²) in [4.78, 5) is 12.4. The number of carbonyl (C=O) groups excluding carboxylic acids is 1. The lowest BCUT2D eigenvalue weighted by molar-refractivity contribution is 0.102. The van der Waals surface area contributed by atoms with Crippen LogP contribution in [0.15, 0.2) is 80.2 Å². The molecule has 1 amide bonds. The van der Waals surface area contributed by atoms with E-state index in [0.29, 0.717) is 16.0 Å². The molecule has 0 bridgehead atoms. The Morgan fingerprint density at radius 1 is 0.889 bits per heavy atom. The Morgan fingerprint density at radius 2 is 1.63 bits per heavy atom. The van der Waals surface area contributed by atoms with Gasteiger partial charge in [0.1, 0.15) is 0 Å². The van der Waals surface area contributed by atoms with Crippen molar-refractivity contribution in [2.75, 3.05) is 5.32 Å². The predicted molar refractivity (Wildman–Crippen MR) is 103 cm³/mol. The molecule has 2 aromatic heterocycles. The van der Waals surface area contributed by atoms with E-state index in [1.54, 1.807) is 24.3 Å². The number of rotatable bonds is 5. The van der Waals surface area contributed by atoms with E-state index in [4.69, 9.17) is 8.83 Å². The second-order valence-electron chi connectivity index (χ2n) is 5.83. The highest BCUT2D eigenvalue weighted by molar-refractivity contribution is 9.10. The Kier molecular flexibility index (Phi) is 4.84. The molecule has 0 saturated heterocycles. The van der Waals surface area contributed by atoms with Gasteiger partial charge in [-0.3, -0.25) is 10.1 Å². The minimum atomic E-state index is -0.322. The third kappa shape index (κ3) is 4.15. The molecule has 0 aliphatic carbocycles. The Hall–Kier alpha value is -3.19. The maximum Gasteiger partial charge on any atom is 0.322 e. The summed E-state index contributed by atoms with van der Waals surface area (Å²) in [5.41, 5.74) is 2.85. The van der Waals surface area contributed by atoms with Crippen molar-refractivity contribution in [1.29, 1.82) is 0 Å². The first-order valence-corrected chi connectivity index (χ1v) is 9.00. The van der Waals surface area contributed by atoms with Crippen LogP contribution in [0.1, 0.15) is 21.5 Å². The van der Waals surface area contributed by atoms with E-state index in [9.17, 15) is 4.79 Å². The fourth-order valence-electron chi connectivity index (χ4n) is 2.58. The van der Waals surface area contributed by atoms with E-state index < -0.39 is 0 Å². The second-order valence-corrected chi connectivity index (χ2v) is 6.61. The second kappa shape index (κ2) is 7.59. The molecule has 6 nitrogen and oxygen atoms in total. The zero-order valence-electron chi connectivity index (χ0n) is 14.1. The predicted octanol–water partition coefficient (Wildman–Crippen LogP) is 4.94. The molecular formula is C20H14BrN3O3. The van der Waals surface area contributed by atoms with Crippen LogP contribution in [0, 0.1) is 0 Å². The van der Waals surface area contributed by atoms with E-state index in [2.05, 4.69) is 43.6 Å². The molecule has 0 unspecified atom stereocenters. The quantitative estimate of drug-likeness (QED) is 0.491. The Balaban J connectivity index is 1.42. The molecule has 0 radical (unpaired) electrons. The fourth-order valence-corrected chi connectivity index (χ4v) is 2.88. The zero-order valence-corrected chi connectivity index (χ0v) is 15.6. The van der Waals surface area contributed by atoms with Gasteiger partial charge in [0, 0.05) is 5.56 Å². The van der Waals surface area contributed by atoms with Crippen molar-refractivity contribution < 1.29 is 13.6 Å². The number of hydrogen-bond acceptors (Lipinski definition) is 5. The molecule has 0 atom stereocenters. The van der Waals surface area contributed by atoms with Crippen LogP contribution in [-0.2, 0) is 6.42 Å². The van der Waals surface area contributed by atoms with Crippen LogP contribution in [0.25, 0.3) is 11.7 Å². The van der Waals surface area contributed by atoms with Gasteiger partial charge < -0.3 is 8.83 Å². The molecule has 2 aromatic carbocycles. The molecule has 0 aliphatic heterocycles. The number of hydrogen-bond donors (Lipinski definition) is 1. The zero-order chi connectivity index (χ0) is 18.6. The maximum atomic E-state index is 12.4. The van der Waals surface area contributed by atoms with E-state index >= 15 is 0 Å². The number of halogens is 1. The first-order chi connectivity index (χ1) is 13.2. The summed E-state index contributed by atoms with van der Waals surface area (Å²) >= 11 is 3.21. The summed E-state index contributed by atoms with van der Waals surface area (Å²) in [5.74, 6) is 0.284. The average Bonchev–Trinajstić information content (AvgIpc) is 3.32. The lowest BCUT2D eigenvalue weighted by Crippen LogP contribution is -2.12. The number of anilines is 1. The normalized spacial score (nSPS) is 10.7. The van der Waals surface area contributed by atoms with Crippen molar-refractivity contribution in [3.63, 3.8) is 0 Å². The van der Waals surface area contributed by atoms with Crippen LogP contribution < -0.4 is 5.32 Å². The first kappa shape index (κ1) is 17.2. The minimum absolute atomic E-state index is 0.0101. The molecule has 0 aliphatic rings. The van der Waals surface area contributed by atoms with E-state index in [1.807, 2.05) is 30.3 Å². The van der Waals surface area contributed by atoms with Crippen molar-refractivity contribution in [3.8, 4) is 11.7 Å². The molecule has 0 saturated carbocycles. The smallest absolute Gasteiger partial charge is 0.322 e. The van der Waals surface area contributed by atoms with Crippen molar-refractivity contribution in [1.82, 2.24) is 10.2 Å². The van der Waals surface area contributed by atoms with Gasteiger partial charge in [-0.2, -0.15) is 0 Å². The topological polar surface area (TPSA) is 81.2 Å². The summed E-state index contributed by atoms with van der Waals surface area (Å²) in [6.45, 7) is 0. The van der Waals surface area contributed by atoms with E-state index in [-0.39, 0.29) is 17.8 Å². The number of furan rings is 1. The number of nitrogens with zero attached hydrogens (tertiary/aromatic N) is 2. The molecular weight excluding hydrogens is 410 g/mol. The molecule has 4 rings (SSSR count). The highest BCUT2D eigenvalue weighted by atomic mass is 79.9. The van der Waals surface area contributed by atoms with Gasteiger partial charge in [0.25, 0.3) is 11.8 Å². The van der Waals surface area contributed by atoms with Crippen LogP contribution in [-0.4, -0.2) is 16.1 Å². The van der Waals surface area contributed by atoms with Gasteiger partial charge in [0.05, 0.1) is 0 Å². The number of aromatic nitrogens is 2. The number of benzene rings is 2. The summed E-state index contributed by atoms with van der Waals surface area (Å²) in [7, 11) is 0. The van der Waals surface area contributed by atoms with Gasteiger partial charge in [0.15, 0.2) is 10.4 Å².